The van der Waals surface area contributed by atoms with Crippen LogP contribution in [-0.2, 0) is 4.79 Å². The molecule has 0 aliphatic carbocycles. The summed E-state index contributed by atoms with van der Waals surface area (Å²) >= 11 is 1.04. The van der Waals surface area contributed by atoms with Crippen LogP contribution in [0.25, 0.3) is 0 Å². The van der Waals surface area contributed by atoms with Crippen molar-refractivity contribution in [2.75, 3.05) is 18.5 Å². The lowest BCUT2D eigenvalue weighted by Gasteiger charge is -2.13. The Kier molecular flexibility index (Phi) is 7.24. The lowest BCUT2D eigenvalue weighted by Crippen LogP contribution is -2.26. The maximum absolute atomic E-state index is 12.2. The largest absolute Gasteiger partial charge is 0.573 e. The minimum atomic E-state index is -4.75. The quantitative estimate of drug-likeness (QED) is 0.347. The van der Waals surface area contributed by atoms with Gasteiger partial charge in [-0.3, -0.25) is 4.79 Å². The summed E-state index contributed by atoms with van der Waals surface area (Å²) < 4.78 is 40.5. The number of hydrogen-bond acceptors (Lipinski definition) is 7. The molecule has 2 aromatic rings. The molecule has 28 heavy (non-hydrogen) atoms. The van der Waals surface area contributed by atoms with Gasteiger partial charge in [0.05, 0.1) is 11.5 Å². The van der Waals surface area contributed by atoms with E-state index in [0.717, 1.165) is 11.8 Å². The first-order chi connectivity index (χ1) is 13.2. The zero-order valence-corrected chi connectivity index (χ0v) is 15.5. The van der Waals surface area contributed by atoms with E-state index in [4.69, 9.17) is 5.11 Å². The SMILES string of the molecule is C=C(Sc1ncnc(Nc2ccc(OC(F)(F)F)cc2)c1C)C(=O)NCCO. The molecule has 0 saturated heterocycles. The van der Waals surface area contributed by atoms with E-state index in [-0.39, 0.29) is 23.8 Å². The summed E-state index contributed by atoms with van der Waals surface area (Å²) in [5.74, 6) is -0.337. The molecule has 0 radical (unpaired) electrons. The Morgan fingerprint density at radius 2 is 1.96 bits per heavy atom. The highest BCUT2D eigenvalue weighted by atomic mass is 32.2. The number of aromatic nitrogens is 2. The van der Waals surface area contributed by atoms with E-state index in [1.807, 2.05) is 0 Å². The molecule has 0 unspecified atom stereocenters. The molecule has 1 aromatic carbocycles. The summed E-state index contributed by atoms with van der Waals surface area (Å²) in [4.78, 5) is 20.2. The Balaban J connectivity index is 2.08. The van der Waals surface area contributed by atoms with Crippen molar-refractivity contribution in [3.63, 3.8) is 0 Å². The molecule has 11 heteroatoms. The number of aliphatic hydroxyl groups excluding tert-OH is 1. The molecule has 1 amide bonds. The Morgan fingerprint density at radius 3 is 2.57 bits per heavy atom. The number of ether oxygens (including phenoxy) is 1. The van der Waals surface area contributed by atoms with Crippen molar-refractivity contribution >= 4 is 29.2 Å². The van der Waals surface area contributed by atoms with Crippen LogP contribution in [0.15, 0.2) is 47.1 Å². The second-order valence-electron chi connectivity index (χ2n) is 5.35. The molecule has 0 atom stereocenters. The van der Waals surface area contributed by atoms with Crippen LogP contribution in [0.3, 0.4) is 0 Å². The Bertz CT molecular complexity index is 845. The first-order valence-corrected chi connectivity index (χ1v) is 8.71. The van der Waals surface area contributed by atoms with E-state index in [2.05, 4.69) is 31.9 Å². The molecule has 7 nitrogen and oxygen atoms in total. The number of nitrogens with zero attached hydrogens (tertiary/aromatic N) is 2. The van der Waals surface area contributed by atoms with Gasteiger partial charge in [-0.2, -0.15) is 0 Å². The average Bonchev–Trinajstić information content (AvgIpc) is 2.63. The highest BCUT2D eigenvalue weighted by Crippen LogP contribution is 2.31. The predicted molar refractivity (Wildman–Crippen MR) is 98.3 cm³/mol. The van der Waals surface area contributed by atoms with Crippen molar-refractivity contribution in [2.24, 2.45) is 0 Å². The fourth-order valence-corrected chi connectivity index (χ4v) is 2.72. The highest BCUT2D eigenvalue weighted by molar-refractivity contribution is 8.04. The highest BCUT2D eigenvalue weighted by Gasteiger charge is 2.30. The van der Waals surface area contributed by atoms with E-state index in [0.29, 0.717) is 22.1 Å². The fourth-order valence-electron chi connectivity index (χ4n) is 1.97. The molecular weight excluding hydrogens is 397 g/mol. The summed E-state index contributed by atoms with van der Waals surface area (Å²) in [5, 5.41) is 14.7. The lowest BCUT2D eigenvalue weighted by molar-refractivity contribution is -0.274. The normalized spacial score (nSPS) is 11.0. The Hall–Kier alpha value is -2.79. The minimum absolute atomic E-state index is 0.113. The number of rotatable bonds is 8. The maximum Gasteiger partial charge on any atom is 0.573 e. The number of nitrogens with one attached hydrogen (secondary N) is 2. The predicted octanol–water partition coefficient (Wildman–Crippen LogP) is 3.14. The van der Waals surface area contributed by atoms with Crippen LogP contribution in [0.5, 0.6) is 5.75 Å². The number of carbonyl (C=O) groups excluding carboxylic acids is 1. The van der Waals surface area contributed by atoms with Crippen molar-refractivity contribution in [1.29, 1.82) is 0 Å². The second-order valence-corrected chi connectivity index (χ2v) is 6.44. The number of thioether (sulfide) groups is 1. The molecule has 0 fully saturated rings. The van der Waals surface area contributed by atoms with E-state index < -0.39 is 12.3 Å². The van der Waals surface area contributed by atoms with Gasteiger partial charge in [-0.05, 0) is 31.2 Å². The molecule has 0 saturated carbocycles. The molecule has 3 N–H and O–H groups in total. The zero-order valence-electron chi connectivity index (χ0n) is 14.7. The summed E-state index contributed by atoms with van der Waals surface area (Å²) in [6, 6.07) is 5.18. The van der Waals surface area contributed by atoms with Crippen LogP contribution in [0.4, 0.5) is 24.7 Å². The first-order valence-electron chi connectivity index (χ1n) is 7.90. The number of hydrogen-bond donors (Lipinski definition) is 3. The topological polar surface area (TPSA) is 96.4 Å². The molecule has 1 aromatic heterocycles. The maximum atomic E-state index is 12.2. The molecule has 0 aliphatic rings. The number of carbonyl (C=O) groups is 1. The Labute approximate surface area is 163 Å². The molecule has 0 bridgehead atoms. The lowest BCUT2D eigenvalue weighted by atomic mass is 10.3. The third-order valence-corrected chi connectivity index (χ3v) is 4.30. The van der Waals surface area contributed by atoms with Gasteiger partial charge in [0.1, 0.15) is 22.9 Å². The van der Waals surface area contributed by atoms with Crippen LogP contribution < -0.4 is 15.4 Å². The van der Waals surface area contributed by atoms with Gasteiger partial charge in [0.25, 0.3) is 5.91 Å². The van der Waals surface area contributed by atoms with Gasteiger partial charge in [0.15, 0.2) is 0 Å². The molecular formula is C17H17F3N4O3S. The standard InChI is InChI=1S/C17H17F3N4O3S/c1-10-14(24-12-3-5-13(6-4-12)27-17(18,19)20)22-9-23-16(10)28-11(2)15(26)21-7-8-25/h3-6,9,25H,2,7-8H2,1H3,(H,21,26)(H,22,23,24). The van der Waals surface area contributed by atoms with Gasteiger partial charge in [-0.25, -0.2) is 9.97 Å². The van der Waals surface area contributed by atoms with Crippen molar-refractivity contribution in [3.05, 3.63) is 47.6 Å². The third-order valence-electron chi connectivity index (χ3n) is 3.26. The molecule has 0 spiro atoms. The molecule has 0 aliphatic heterocycles. The van der Waals surface area contributed by atoms with Gasteiger partial charge in [0, 0.05) is 17.8 Å². The number of amides is 1. The van der Waals surface area contributed by atoms with Gasteiger partial charge >= 0.3 is 6.36 Å². The molecule has 2 rings (SSSR count). The monoisotopic (exact) mass is 414 g/mol. The van der Waals surface area contributed by atoms with E-state index in [9.17, 15) is 18.0 Å². The van der Waals surface area contributed by atoms with E-state index in [1.54, 1.807) is 6.92 Å². The summed E-state index contributed by atoms with van der Waals surface area (Å²) in [6.45, 7) is 5.34. The van der Waals surface area contributed by atoms with Crippen molar-refractivity contribution in [2.45, 2.75) is 18.3 Å². The third kappa shape index (κ3) is 6.43. The molecule has 1 heterocycles. The van der Waals surface area contributed by atoms with Crippen LogP contribution in [-0.4, -0.2) is 40.5 Å². The fraction of sp³-hybridized carbons (Fsp3) is 0.235. The number of aliphatic hydroxyl groups is 1. The van der Waals surface area contributed by atoms with Gasteiger partial charge in [-0.15, -0.1) is 13.2 Å². The van der Waals surface area contributed by atoms with Crippen LogP contribution in [0, 0.1) is 6.92 Å². The summed E-state index contributed by atoms with van der Waals surface area (Å²) in [6.07, 6.45) is -3.46. The Morgan fingerprint density at radius 1 is 1.29 bits per heavy atom. The summed E-state index contributed by atoms with van der Waals surface area (Å²) in [5.41, 5.74) is 1.12. The number of alkyl halides is 3. The number of halogens is 3. The average molecular weight is 414 g/mol. The van der Waals surface area contributed by atoms with Crippen LogP contribution in [0.1, 0.15) is 5.56 Å². The van der Waals surface area contributed by atoms with Gasteiger partial charge in [-0.1, -0.05) is 18.3 Å². The van der Waals surface area contributed by atoms with Crippen molar-refractivity contribution < 1.29 is 27.8 Å². The number of anilines is 2. The number of benzene rings is 1. The van der Waals surface area contributed by atoms with Crippen LogP contribution >= 0.6 is 11.8 Å². The van der Waals surface area contributed by atoms with Crippen molar-refractivity contribution in [3.8, 4) is 5.75 Å². The summed E-state index contributed by atoms with van der Waals surface area (Å²) in [7, 11) is 0. The van der Waals surface area contributed by atoms with E-state index in [1.165, 1.54) is 30.6 Å². The van der Waals surface area contributed by atoms with Crippen molar-refractivity contribution in [1.82, 2.24) is 15.3 Å². The molecule has 150 valence electrons. The van der Waals surface area contributed by atoms with Gasteiger partial charge < -0.3 is 20.5 Å². The second kappa shape index (κ2) is 9.42. The van der Waals surface area contributed by atoms with Gasteiger partial charge in [0.2, 0.25) is 0 Å². The van der Waals surface area contributed by atoms with Crippen LogP contribution in [0.2, 0.25) is 0 Å². The minimum Gasteiger partial charge on any atom is -0.406 e. The first kappa shape index (κ1) is 21.5. The van der Waals surface area contributed by atoms with E-state index >= 15 is 0 Å². The zero-order chi connectivity index (χ0) is 20.7. The smallest absolute Gasteiger partial charge is 0.406 e.